The highest BCUT2D eigenvalue weighted by Gasteiger charge is 2.45. The Hall–Kier alpha value is -2.55. The summed E-state index contributed by atoms with van der Waals surface area (Å²) in [7, 11) is 0. The molecule has 2 saturated heterocycles. The van der Waals surface area contributed by atoms with Gasteiger partial charge in [0, 0.05) is 58.3 Å². The Kier molecular flexibility index (Phi) is 5.69. The summed E-state index contributed by atoms with van der Waals surface area (Å²) in [6, 6.07) is 2.11. The minimum Gasteiger partial charge on any atom is -0.354 e. The summed E-state index contributed by atoms with van der Waals surface area (Å²) in [6.45, 7) is 4.15. The van der Waals surface area contributed by atoms with Crippen molar-refractivity contribution >= 4 is 17.7 Å². The van der Waals surface area contributed by atoms with Crippen LogP contribution in [-0.2, 0) is 20.9 Å². The lowest BCUT2D eigenvalue weighted by atomic mass is 10.0. The largest absolute Gasteiger partial charge is 0.354 e. The van der Waals surface area contributed by atoms with Crippen molar-refractivity contribution in [2.45, 2.75) is 44.9 Å². The van der Waals surface area contributed by atoms with Crippen molar-refractivity contribution in [3.8, 4) is 0 Å². The van der Waals surface area contributed by atoms with Gasteiger partial charge in [-0.3, -0.25) is 24.3 Å². The summed E-state index contributed by atoms with van der Waals surface area (Å²) >= 11 is 0. The van der Waals surface area contributed by atoms with E-state index in [4.69, 9.17) is 0 Å². The maximum Gasteiger partial charge on any atom is 0.242 e. The van der Waals surface area contributed by atoms with E-state index in [1.807, 2.05) is 4.90 Å². The maximum atomic E-state index is 14.1. The third-order valence-corrected chi connectivity index (χ3v) is 5.01. The maximum absolute atomic E-state index is 14.1. The average Bonchev–Trinajstić information content (AvgIpc) is 2.98. The Bertz CT molecular complexity index is 743. The number of amides is 3. The SMILES string of the molecule is CC(=O)NC[C@H]1C(=O)N2C[C@@H](NC(C)=O)C[C@H]2CN1Cc1ncccc1F. The molecular weight excluding hydrogens is 353 g/mol. The Balaban J connectivity index is 1.79. The molecule has 3 atom stereocenters. The average molecular weight is 377 g/mol. The van der Waals surface area contributed by atoms with E-state index < -0.39 is 11.9 Å². The van der Waals surface area contributed by atoms with Crippen LogP contribution < -0.4 is 10.6 Å². The fourth-order valence-corrected chi connectivity index (χ4v) is 3.86. The molecule has 1 aromatic heterocycles. The lowest BCUT2D eigenvalue weighted by Gasteiger charge is -2.42. The monoisotopic (exact) mass is 377 g/mol. The number of carbonyl (C=O) groups is 3. The highest BCUT2D eigenvalue weighted by atomic mass is 19.1. The van der Waals surface area contributed by atoms with Gasteiger partial charge in [0.15, 0.2) is 0 Å². The van der Waals surface area contributed by atoms with E-state index in [2.05, 4.69) is 15.6 Å². The normalized spacial score (nSPS) is 25.2. The van der Waals surface area contributed by atoms with Crippen LogP contribution in [0.3, 0.4) is 0 Å². The second kappa shape index (κ2) is 7.99. The number of hydrogen-bond acceptors (Lipinski definition) is 5. The molecule has 0 unspecified atom stereocenters. The Morgan fingerprint density at radius 3 is 2.74 bits per heavy atom. The van der Waals surface area contributed by atoms with Crippen LogP contribution in [0.4, 0.5) is 4.39 Å². The van der Waals surface area contributed by atoms with Crippen molar-refractivity contribution in [1.82, 2.24) is 25.4 Å². The number of hydrogen-bond donors (Lipinski definition) is 2. The lowest BCUT2D eigenvalue weighted by molar-refractivity contribution is -0.144. The van der Waals surface area contributed by atoms with Crippen LogP contribution in [-0.4, -0.2) is 70.3 Å². The summed E-state index contributed by atoms with van der Waals surface area (Å²) in [5.74, 6) is -0.904. The molecule has 0 saturated carbocycles. The minimum atomic E-state index is -0.595. The molecule has 0 bridgehead atoms. The molecule has 3 rings (SSSR count). The van der Waals surface area contributed by atoms with Crippen LogP contribution >= 0.6 is 0 Å². The standard InChI is InChI=1S/C18H24FN5O3/c1-11(25)21-7-17-18(27)24-8-13(22-12(2)26)6-14(24)9-23(17)10-16-15(19)4-3-5-20-16/h3-5,13-14,17H,6-10H2,1-2H3,(H,21,25)(H,22,26)/t13-,14-,17-/m0/s1. The van der Waals surface area contributed by atoms with Gasteiger partial charge in [0.05, 0.1) is 5.69 Å². The van der Waals surface area contributed by atoms with Gasteiger partial charge in [0.1, 0.15) is 11.9 Å². The molecule has 9 heteroatoms. The van der Waals surface area contributed by atoms with Crippen molar-refractivity contribution < 1.29 is 18.8 Å². The predicted octanol–water partition coefficient (Wildman–Crippen LogP) is -0.353. The molecule has 2 fully saturated rings. The first-order valence-corrected chi connectivity index (χ1v) is 9.00. The number of nitrogens with one attached hydrogen (secondary N) is 2. The number of pyridine rings is 1. The molecule has 0 spiro atoms. The number of nitrogens with zero attached hydrogens (tertiary/aromatic N) is 3. The molecule has 2 N–H and O–H groups in total. The number of rotatable bonds is 5. The predicted molar refractivity (Wildman–Crippen MR) is 94.8 cm³/mol. The van der Waals surface area contributed by atoms with E-state index in [9.17, 15) is 18.8 Å². The molecule has 0 aliphatic carbocycles. The van der Waals surface area contributed by atoms with Crippen LogP contribution in [0.15, 0.2) is 18.3 Å². The number of fused-ring (bicyclic) bond motifs is 1. The number of carbonyl (C=O) groups excluding carboxylic acids is 3. The fraction of sp³-hybridized carbons (Fsp3) is 0.556. The molecule has 3 amide bonds. The van der Waals surface area contributed by atoms with Gasteiger partial charge in [-0.2, -0.15) is 0 Å². The Morgan fingerprint density at radius 2 is 2.07 bits per heavy atom. The van der Waals surface area contributed by atoms with Gasteiger partial charge in [0.2, 0.25) is 17.7 Å². The molecule has 3 heterocycles. The van der Waals surface area contributed by atoms with Gasteiger partial charge in [-0.15, -0.1) is 0 Å². The van der Waals surface area contributed by atoms with Crippen molar-refractivity contribution in [2.75, 3.05) is 19.6 Å². The van der Waals surface area contributed by atoms with Crippen molar-refractivity contribution in [3.05, 3.63) is 29.8 Å². The number of aromatic nitrogens is 1. The van der Waals surface area contributed by atoms with Crippen molar-refractivity contribution in [1.29, 1.82) is 0 Å². The molecule has 2 aliphatic rings. The lowest BCUT2D eigenvalue weighted by Crippen LogP contribution is -2.62. The Labute approximate surface area is 157 Å². The van der Waals surface area contributed by atoms with Crippen LogP contribution in [0.2, 0.25) is 0 Å². The topological polar surface area (TPSA) is 94.6 Å². The zero-order chi connectivity index (χ0) is 19.6. The summed E-state index contributed by atoms with van der Waals surface area (Å²) in [6.07, 6.45) is 2.17. The first-order valence-electron chi connectivity index (χ1n) is 9.00. The van der Waals surface area contributed by atoms with Gasteiger partial charge in [-0.25, -0.2) is 4.39 Å². The molecular formula is C18H24FN5O3. The highest BCUT2D eigenvalue weighted by Crippen LogP contribution is 2.27. The van der Waals surface area contributed by atoms with Crippen LogP contribution in [0.5, 0.6) is 0 Å². The smallest absolute Gasteiger partial charge is 0.242 e. The van der Waals surface area contributed by atoms with Gasteiger partial charge in [-0.05, 0) is 18.6 Å². The van der Waals surface area contributed by atoms with Crippen LogP contribution in [0.25, 0.3) is 0 Å². The summed E-state index contributed by atoms with van der Waals surface area (Å²) < 4.78 is 14.1. The molecule has 0 aromatic carbocycles. The summed E-state index contributed by atoms with van der Waals surface area (Å²) in [5, 5.41) is 5.55. The summed E-state index contributed by atoms with van der Waals surface area (Å²) in [5.41, 5.74) is 0.267. The van der Waals surface area contributed by atoms with E-state index in [-0.39, 0.29) is 48.6 Å². The van der Waals surface area contributed by atoms with Gasteiger partial charge in [0.25, 0.3) is 0 Å². The molecule has 1 aromatic rings. The van der Waals surface area contributed by atoms with Gasteiger partial charge >= 0.3 is 0 Å². The minimum absolute atomic E-state index is 0.0605. The Morgan fingerprint density at radius 1 is 1.30 bits per heavy atom. The molecule has 8 nitrogen and oxygen atoms in total. The zero-order valence-electron chi connectivity index (χ0n) is 15.4. The van der Waals surface area contributed by atoms with Gasteiger partial charge < -0.3 is 15.5 Å². The molecule has 0 radical (unpaired) electrons. The van der Waals surface area contributed by atoms with Crippen molar-refractivity contribution in [3.63, 3.8) is 0 Å². The fourth-order valence-electron chi connectivity index (χ4n) is 3.86. The van der Waals surface area contributed by atoms with E-state index >= 15 is 0 Å². The van der Waals surface area contributed by atoms with E-state index in [1.165, 1.54) is 32.2 Å². The highest BCUT2D eigenvalue weighted by molar-refractivity contribution is 5.85. The third-order valence-electron chi connectivity index (χ3n) is 5.01. The third kappa shape index (κ3) is 4.41. The zero-order valence-corrected chi connectivity index (χ0v) is 15.4. The van der Waals surface area contributed by atoms with Crippen molar-refractivity contribution in [2.24, 2.45) is 0 Å². The second-order valence-corrected chi connectivity index (χ2v) is 7.09. The second-order valence-electron chi connectivity index (χ2n) is 7.09. The first kappa shape index (κ1) is 19.2. The summed E-state index contributed by atoms with van der Waals surface area (Å²) in [4.78, 5) is 43.4. The van der Waals surface area contributed by atoms with Crippen LogP contribution in [0.1, 0.15) is 26.0 Å². The van der Waals surface area contributed by atoms with E-state index in [0.717, 1.165) is 0 Å². The molecule has 2 aliphatic heterocycles. The molecule has 27 heavy (non-hydrogen) atoms. The van der Waals surface area contributed by atoms with E-state index in [1.54, 1.807) is 4.90 Å². The van der Waals surface area contributed by atoms with E-state index in [0.29, 0.717) is 19.5 Å². The molecule has 146 valence electrons. The first-order chi connectivity index (χ1) is 12.8. The quantitative estimate of drug-likeness (QED) is 0.731. The van der Waals surface area contributed by atoms with Gasteiger partial charge in [-0.1, -0.05) is 0 Å². The number of piperazine rings is 1. The van der Waals surface area contributed by atoms with Crippen LogP contribution in [0, 0.1) is 5.82 Å². The number of halogens is 1.